The van der Waals surface area contributed by atoms with Crippen LogP contribution in [0.3, 0.4) is 0 Å². The number of rotatable bonds is 5. The smallest absolute Gasteiger partial charge is 0.164 e. The van der Waals surface area contributed by atoms with Crippen LogP contribution < -0.4 is 0 Å². The summed E-state index contributed by atoms with van der Waals surface area (Å²) in [5.74, 6) is 4.98. The van der Waals surface area contributed by atoms with Gasteiger partial charge >= 0.3 is 0 Å². The van der Waals surface area contributed by atoms with Crippen molar-refractivity contribution in [2.45, 2.75) is 37.5 Å². The maximum Gasteiger partial charge on any atom is 0.164 e. The molecular weight excluding hydrogens is 657 g/mol. The summed E-state index contributed by atoms with van der Waals surface area (Å²) in [6, 6.07) is 53.9. The van der Waals surface area contributed by atoms with Gasteiger partial charge in [0.1, 0.15) is 0 Å². The topological polar surface area (TPSA) is 62.5 Å². The Morgan fingerprint density at radius 1 is 0.426 bits per heavy atom. The molecule has 0 N–H and O–H groups in total. The van der Waals surface area contributed by atoms with Crippen LogP contribution in [0.4, 0.5) is 0 Å². The number of benzene rings is 6. The second kappa shape index (κ2) is 12.2. The van der Waals surface area contributed by atoms with E-state index in [1.165, 1.54) is 65.5 Å². The van der Waals surface area contributed by atoms with Gasteiger partial charge in [-0.3, -0.25) is 0 Å². The third-order valence-electron chi connectivity index (χ3n) is 13.1. The lowest BCUT2D eigenvalue weighted by Crippen LogP contribution is -2.55. The molecule has 0 radical (unpaired) electrons. The van der Waals surface area contributed by atoms with Crippen molar-refractivity contribution < 1.29 is 0 Å². The van der Waals surface area contributed by atoms with Gasteiger partial charge in [0.2, 0.25) is 0 Å². The summed E-state index contributed by atoms with van der Waals surface area (Å²) in [7, 11) is 0. The molecule has 4 saturated carbocycles. The largest absolute Gasteiger partial charge is 0.208 e. The quantitative estimate of drug-likeness (QED) is 0.180. The molecule has 5 aliphatic rings. The minimum absolute atomic E-state index is 0.0394. The van der Waals surface area contributed by atoms with E-state index in [2.05, 4.69) is 109 Å². The van der Waals surface area contributed by atoms with Gasteiger partial charge in [0.05, 0.1) is 11.6 Å². The average molecular weight is 695 g/mol. The van der Waals surface area contributed by atoms with Crippen molar-refractivity contribution in [1.82, 2.24) is 15.0 Å². The van der Waals surface area contributed by atoms with Crippen molar-refractivity contribution in [2.75, 3.05) is 0 Å². The molecule has 0 aliphatic heterocycles. The van der Waals surface area contributed by atoms with Gasteiger partial charge in [-0.1, -0.05) is 121 Å². The van der Waals surface area contributed by atoms with Crippen molar-refractivity contribution in [3.63, 3.8) is 0 Å². The van der Waals surface area contributed by atoms with Gasteiger partial charge in [-0.05, 0) is 125 Å². The molecule has 6 aromatic carbocycles. The number of nitriles is 1. The molecule has 12 rings (SSSR count). The predicted molar refractivity (Wildman–Crippen MR) is 215 cm³/mol. The summed E-state index contributed by atoms with van der Waals surface area (Å²) in [5, 5.41) is 9.69. The number of fused-ring (bicyclic) bond motifs is 3. The summed E-state index contributed by atoms with van der Waals surface area (Å²) >= 11 is 0. The van der Waals surface area contributed by atoms with Crippen LogP contribution in [-0.4, -0.2) is 15.0 Å². The Kier molecular flexibility index (Phi) is 7.07. The van der Waals surface area contributed by atoms with Crippen LogP contribution in [0.15, 0.2) is 146 Å². The molecule has 1 spiro atoms. The zero-order chi connectivity index (χ0) is 35.8. The average Bonchev–Trinajstić information content (AvgIpc) is 3.52. The first-order chi connectivity index (χ1) is 26.6. The first kappa shape index (κ1) is 31.4. The first-order valence-electron chi connectivity index (χ1n) is 19.4. The molecule has 0 saturated heterocycles. The van der Waals surface area contributed by atoms with E-state index >= 15 is 0 Å². The van der Waals surface area contributed by atoms with Crippen molar-refractivity contribution in [1.29, 1.82) is 5.26 Å². The Bertz CT molecular complexity index is 2590. The molecule has 4 nitrogen and oxygen atoms in total. The molecule has 5 aliphatic carbocycles. The van der Waals surface area contributed by atoms with Crippen molar-refractivity contribution in [3.8, 4) is 73.6 Å². The maximum absolute atomic E-state index is 9.69. The van der Waals surface area contributed by atoms with E-state index in [4.69, 9.17) is 15.0 Å². The monoisotopic (exact) mass is 694 g/mol. The molecule has 4 bridgehead atoms. The van der Waals surface area contributed by atoms with Crippen LogP contribution >= 0.6 is 0 Å². The highest BCUT2D eigenvalue weighted by molar-refractivity contribution is 5.87. The Morgan fingerprint density at radius 3 is 1.48 bits per heavy atom. The Balaban J connectivity index is 1.07. The van der Waals surface area contributed by atoms with Gasteiger partial charge in [0.25, 0.3) is 0 Å². The van der Waals surface area contributed by atoms with Crippen molar-refractivity contribution in [2.24, 2.45) is 23.7 Å². The lowest BCUT2D eigenvalue weighted by atomic mass is 9.43. The summed E-state index contributed by atoms with van der Waals surface area (Å²) in [6.45, 7) is 0. The maximum atomic E-state index is 9.69. The zero-order valence-corrected chi connectivity index (χ0v) is 30.0. The molecule has 0 unspecified atom stereocenters. The van der Waals surface area contributed by atoms with Crippen LogP contribution in [-0.2, 0) is 5.41 Å². The van der Waals surface area contributed by atoms with E-state index in [1.54, 1.807) is 0 Å². The SMILES string of the molecule is N#Cc1cccc(-c2ccc3c(c2)C2(c4cc(-c5nc(-c6ccccc6)nc(-c6ccc(-c7ccccc7)cc6)n5)ccc4-3)C3CC4CC(C3)CC2C4)c1. The minimum atomic E-state index is -0.0394. The van der Waals surface area contributed by atoms with E-state index in [-0.39, 0.29) is 5.41 Å². The van der Waals surface area contributed by atoms with Gasteiger partial charge in [-0.25, -0.2) is 15.0 Å². The molecular formula is C50H38N4. The van der Waals surface area contributed by atoms with Crippen LogP contribution in [0, 0.1) is 35.0 Å². The lowest BCUT2D eigenvalue weighted by molar-refractivity contribution is -0.0399. The third kappa shape index (κ3) is 4.85. The highest BCUT2D eigenvalue weighted by Gasteiger charge is 2.61. The third-order valence-corrected chi connectivity index (χ3v) is 13.1. The summed E-state index contributed by atoms with van der Waals surface area (Å²) in [5.41, 5.74) is 14.0. The van der Waals surface area contributed by atoms with Gasteiger partial charge in [-0.2, -0.15) is 5.26 Å². The summed E-state index contributed by atoms with van der Waals surface area (Å²) in [6.07, 6.45) is 6.62. The highest BCUT2D eigenvalue weighted by atomic mass is 15.0. The number of hydrogen-bond acceptors (Lipinski definition) is 4. The molecule has 258 valence electrons. The molecule has 1 aromatic heterocycles. The van der Waals surface area contributed by atoms with E-state index in [0.29, 0.717) is 34.9 Å². The van der Waals surface area contributed by atoms with Gasteiger partial charge in [0, 0.05) is 22.1 Å². The molecule has 7 aromatic rings. The molecule has 54 heavy (non-hydrogen) atoms. The lowest BCUT2D eigenvalue weighted by Gasteiger charge is -2.61. The first-order valence-corrected chi connectivity index (χ1v) is 19.4. The van der Waals surface area contributed by atoms with E-state index in [0.717, 1.165) is 39.7 Å². The Morgan fingerprint density at radius 2 is 0.870 bits per heavy atom. The normalized spacial score (nSPS) is 22.9. The number of nitrogens with zero attached hydrogens (tertiary/aromatic N) is 4. The van der Waals surface area contributed by atoms with Crippen molar-refractivity contribution in [3.05, 3.63) is 162 Å². The summed E-state index contributed by atoms with van der Waals surface area (Å²) in [4.78, 5) is 15.5. The minimum Gasteiger partial charge on any atom is -0.208 e. The van der Waals surface area contributed by atoms with Crippen molar-refractivity contribution >= 4 is 0 Å². The fourth-order valence-electron chi connectivity index (χ4n) is 11.1. The van der Waals surface area contributed by atoms with E-state index in [1.807, 2.05) is 42.5 Å². The molecule has 1 heterocycles. The van der Waals surface area contributed by atoms with Crippen LogP contribution in [0.25, 0.3) is 67.5 Å². The Hall–Kier alpha value is -6.18. The number of aromatic nitrogens is 3. The van der Waals surface area contributed by atoms with Crippen LogP contribution in [0.5, 0.6) is 0 Å². The van der Waals surface area contributed by atoms with E-state index < -0.39 is 0 Å². The van der Waals surface area contributed by atoms with Crippen LogP contribution in [0.2, 0.25) is 0 Å². The Labute approximate surface area is 316 Å². The fraction of sp³-hybridized carbons (Fsp3) is 0.200. The molecule has 4 fully saturated rings. The van der Waals surface area contributed by atoms with Gasteiger partial charge in [-0.15, -0.1) is 0 Å². The van der Waals surface area contributed by atoms with Crippen LogP contribution in [0.1, 0.15) is 48.8 Å². The molecule has 0 atom stereocenters. The highest BCUT2D eigenvalue weighted by Crippen LogP contribution is 2.69. The van der Waals surface area contributed by atoms with Gasteiger partial charge in [0.15, 0.2) is 17.5 Å². The second-order valence-electron chi connectivity index (χ2n) is 16.0. The zero-order valence-electron chi connectivity index (χ0n) is 30.0. The fourth-order valence-corrected chi connectivity index (χ4v) is 11.1. The summed E-state index contributed by atoms with van der Waals surface area (Å²) < 4.78 is 0. The molecule has 4 heteroatoms. The predicted octanol–water partition coefficient (Wildman–Crippen LogP) is 11.8. The number of hydrogen-bond donors (Lipinski definition) is 0. The standard InChI is InChI=1S/C50H38N4/c51-30-31-8-7-13-38(23-31)39-18-20-43-44-21-19-40(29-46(44)50(45(43)28-39)41-24-32-22-33(26-41)27-42(50)25-32)49-53-47(36-11-5-2-6-12-36)52-48(54-49)37-16-14-35(15-17-37)34-9-3-1-4-10-34/h1-21,23,28-29,32-33,41-42H,22,24-27H2. The second-order valence-corrected chi connectivity index (χ2v) is 16.0. The molecule has 0 amide bonds. The van der Waals surface area contributed by atoms with Gasteiger partial charge < -0.3 is 0 Å². The van der Waals surface area contributed by atoms with E-state index in [9.17, 15) is 5.26 Å².